The molecule has 3 rings (SSSR count). The molecule has 1 aromatic rings. The first-order valence-electron chi connectivity index (χ1n) is 8.48. The normalized spacial score (nSPS) is 22.5. The highest BCUT2D eigenvalue weighted by Gasteiger charge is 2.42. The summed E-state index contributed by atoms with van der Waals surface area (Å²) in [5, 5.41) is 10.3. The van der Waals surface area contributed by atoms with Gasteiger partial charge < -0.3 is 25.7 Å². The first-order valence-corrected chi connectivity index (χ1v) is 8.48. The lowest BCUT2D eigenvalue weighted by molar-refractivity contribution is -0.109. The van der Waals surface area contributed by atoms with Crippen LogP contribution < -0.4 is 15.8 Å². The molecule has 1 spiro atoms. The molecule has 0 amide bonds. The van der Waals surface area contributed by atoms with Crippen LogP contribution in [0.15, 0.2) is 30.0 Å². The molecule has 2 aliphatic rings. The van der Waals surface area contributed by atoms with E-state index in [2.05, 4.69) is 11.4 Å². The van der Waals surface area contributed by atoms with Crippen molar-refractivity contribution in [2.75, 3.05) is 20.8 Å². The molecule has 24 heavy (non-hydrogen) atoms. The second kappa shape index (κ2) is 8.31. The van der Waals surface area contributed by atoms with Gasteiger partial charge in [-0.25, -0.2) is 0 Å². The van der Waals surface area contributed by atoms with Gasteiger partial charge in [-0.2, -0.15) is 0 Å². The van der Waals surface area contributed by atoms with Crippen LogP contribution in [0.5, 0.6) is 5.75 Å². The highest BCUT2D eigenvalue weighted by atomic mass is 16.5. The van der Waals surface area contributed by atoms with Crippen LogP contribution >= 0.6 is 0 Å². The second-order valence-corrected chi connectivity index (χ2v) is 6.40. The molecule has 5 nitrogen and oxygen atoms in total. The Morgan fingerprint density at radius 2 is 2.00 bits per heavy atom. The van der Waals surface area contributed by atoms with Crippen LogP contribution in [0, 0.1) is 5.41 Å². The third-order valence-corrected chi connectivity index (χ3v) is 5.12. The molecular weight excluding hydrogens is 304 g/mol. The Balaban J connectivity index is 0.00000100. The van der Waals surface area contributed by atoms with E-state index in [0.717, 1.165) is 49.7 Å². The van der Waals surface area contributed by atoms with Crippen molar-refractivity contribution in [2.45, 2.75) is 38.1 Å². The monoisotopic (exact) mass is 332 g/mol. The number of hydrogen-bond acceptors (Lipinski definition) is 5. The summed E-state index contributed by atoms with van der Waals surface area (Å²) in [6.07, 6.45) is 6.87. The lowest BCUT2D eigenvalue weighted by Crippen LogP contribution is -2.50. The third-order valence-electron chi connectivity index (χ3n) is 5.12. The molecule has 1 atom stereocenters. The highest BCUT2D eigenvalue weighted by molar-refractivity contribution is 5.80. The van der Waals surface area contributed by atoms with Crippen molar-refractivity contribution in [3.8, 4) is 5.75 Å². The average molecular weight is 332 g/mol. The predicted molar refractivity (Wildman–Crippen MR) is 95.6 cm³/mol. The summed E-state index contributed by atoms with van der Waals surface area (Å²) in [4.78, 5) is 11.3. The summed E-state index contributed by atoms with van der Waals surface area (Å²) in [7, 11) is 2.67. The van der Waals surface area contributed by atoms with Crippen LogP contribution in [-0.4, -0.2) is 38.2 Å². The molecule has 1 fully saturated rings. The molecule has 0 bridgehead atoms. The number of carbonyl (C=O) groups excluding carboxylic acids is 1. The fourth-order valence-electron chi connectivity index (χ4n) is 3.99. The fourth-order valence-corrected chi connectivity index (χ4v) is 3.99. The summed E-state index contributed by atoms with van der Waals surface area (Å²) in [5.41, 5.74) is 9.38. The molecular formula is C19H28N2O3. The van der Waals surface area contributed by atoms with Gasteiger partial charge in [0, 0.05) is 24.8 Å². The van der Waals surface area contributed by atoms with Gasteiger partial charge in [0.1, 0.15) is 18.1 Å². The maximum Gasteiger partial charge on any atom is 0.142 e. The van der Waals surface area contributed by atoms with E-state index in [1.807, 2.05) is 18.2 Å². The summed E-state index contributed by atoms with van der Waals surface area (Å²) < 4.78 is 5.36. The first-order chi connectivity index (χ1) is 11.7. The molecule has 1 aliphatic carbocycles. The Hall–Kier alpha value is -1.85. The second-order valence-electron chi connectivity index (χ2n) is 6.40. The van der Waals surface area contributed by atoms with Gasteiger partial charge in [0.05, 0.1) is 7.11 Å². The van der Waals surface area contributed by atoms with Crippen molar-refractivity contribution in [1.82, 2.24) is 5.32 Å². The zero-order valence-corrected chi connectivity index (χ0v) is 14.5. The smallest absolute Gasteiger partial charge is 0.142 e. The van der Waals surface area contributed by atoms with Gasteiger partial charge in [-0.1, -0.05) is 31.4 Å². The lowest BCUT2D eigenvalue weighted by atomic mass is 9.64. The molecule has 0 saturated heterocycles. The predicted octanol–water partition coefficient (Wildman–Crippen LogP) is 2.09. The van der Waals surface area contributed by atoms with Crippen molar-refractivity contribution < 1.29 is 14.6 Å². The van der Waals surface area contributed by atoms with Gasteiger partial charge in [-0.05, 0) is 36.1 Å². The number of methoxy groups -OCH3 is 1. The van der Waals surface area contributed by atoms with E-state index in [-0.39, 0.29) is 11.5 Å². The Kier molecular flexibility index (Phi) is 6.40. The van der Waals surface area contributed by atoms with Gasteiger partial charge in [-0.15, -0.1) is 0 Å². The van der Waals surface area contributed by atoms with E-state index in [9.17, 15) is 4.79 Å². The summed E-state index contributed by atoms with van der Waals surface area (Å²) >= 11 is 0. The molecule has 1 heterocycles. The van der Waals surface area contributed by atoms with Gasteiger partial charge in [0.15, 0.2) is 0 Å². The van der Waals surface area contributed by atoms with E-state index >= 15 is 0 Å². The number of rotatable bonds is 3. The van der Waals surface area contributed by atoms with Crippen LogP contribution in [0.25, 0.3) is 5.57 Å². The van der Waals surface area contributed by atoms with Crippen LogP contribution in [0.3, 0.4) is 0 Å². The largest absolute Gasteiger partial charge is 0.497 e. The fraction of sp³-hybridized carbons (Fsp3) is 0.526. The number of nitrogens with one attached hydrogen (secondary N) is 1. The molecule has 1 aromatic carbocycles. The van der Waals surface area contributed by atoms with Crippen molar-refractivity contribution in [1.29, 1.82) is 0 Å². The Morgan fingerprint density at radius 1 is 1.29 bits per heavy atom. The number of aliphatic hydroxyl groups excluding tert-OH is 1. The number of ether oxygens (including phenoxy) is 1. The van der Waals surface area contributed by atoms with Gasteiger partial charge >= 0.3 is 0 Å². The molecule has 1 aliphatic heterocycles. The number of benzene rings is 1. The number of hydrogen-bond donors (Lipinski definition) is 3. The highest BCUT2D eigenvalue weighted by Crippen LogP contribution is 2.49. The van der Waals surface area contributed by atoms with Crippen molar-refractivity contribution in [2.24, 2.45) is 11.1 Å². The SMILES string of the molecule is CO.COc1cccc(C2=C(N)C(C=O)NCC23CCCCC3)c1. The number of nitrogens with two attached hydrogens (primary N) is 1. The Labute approximate surface area is 143 Å². The molecule has 0 aromatic heterocycles. The Morgan fingerprint density at radius 3 is 2.62 bits per heavy atom. The summed E-state index contributed by atoms with van der Waals surface area (Å²) in [6, 6.07) is 7.66. The number of aliphatic hydroxyl groups is 1. The minimum atomic E-state index is -0.381. The van der Waals surface area contributed by atoms with Crippen LogP contribution in [0.4, 0.5) is 0 Å². The van der Waals surface area contributed by atoms with Crippen molar-refractivity contribution in [3.05, 3.63) is 35.5 Å². The molecule has 1 unspecified atom stereocenters. The average Bonchev–Trinajstić information content (AvgIpc) is 2.64. The zero-order valence-electron chi connectivity index (χ0n) is 14.5. The summed E-state index contributed by atoms with van der Waals surface area (Å²) in [6.45, 7) is 0.823. The maximum atomic E-state index is 11.3. The van der Waals surface area contributed by atoms with E-state index in [0.29, 0.717) is 5.70 Å². The minimum absolute atomic E-state index is 0.0498. The third kappa shape index (κ3) is 3.47. The maximum absolute atomic E-state index is 11.3. The van der Waals surface area contributed by atoms with Gasteiger partial charge in [0.2, 0.25) is 0 Å². The van der Waals surface area contributed by atoms with Crippen molar-refractivity contribution >= 4 is 11.9 Å². The van der Waals surface area contributed by atoms with E-state index in [4.69, 9.17) is 15.6 Å². The van der Waals surface area contributed by atoms with Crippen LogP contribution in [0.2, 0.25) is 0 Å². The molecule has 1 saturated carbocycles. The first kappa shape index (κ1) is 18.5. The zero-order chi connectivity index (χ0) is 17.6. The minimum Gasteiger partial charge on any atom is -0.497 e. The molecule has 5 heteroatoms. The Bertz CT molecular complexity index is 592. The van der Waals surface area contributed by atoms with Crippen LogP contribution in [0.1, 0.15) is 37.7 Å². The van der Waals surface area contributed by atoms with E-state index < -0.39 is 0 Å². The molecule has 0 radical (unpaired) electrons. The quantitative estimate of drug-likeness (QED) is 0.738. The standard InChI is InChI=1S/C18H24N2O2.CH4O/c1-22-14-7-5-6-13(10-14)16-17(19)15(11-21)20-12-18(16)8-3-2-4-9-18;1-2/h5-7,10-11,15,20H,2-4,8-9,12,19H2,1H3;2H,1H3. The van der Waals surface area contributed by atoms with Crippen LogP contribution in [-0.2, 0) is 4.79 Å². The van der Waals surface area contributed by atoms with Crippen molar-refractivity contribution in [3.63, 3.8) is 0 Å². The lowest BCUT2D eigenvalue weighted by Gasteiger charge is -2.45. The number of aldehydes is 1. The van der Waals surface area contributed by atoms with E-state index in [1.54, 1.807) is 7.11 Å². The molecule has 132 valence electrons. The topological polar surface area (TPSA) is 84.6 Å². The van der Waals surface area contributed by atoms with Gasteiger partial charge in [-0.3, -0.25) is 0 Å². The van der Waals surface area contributed by atoms with Gasteiger partial charge in [0.25, 0.3) is 0 Å². The summed E-state index contributed by atoms with van der Waals surface area (Å²) in [5.74, 6) is 0.824. The van der Waals surface area contributed by atoms with E-state index in [1.165, 1.54) is 19.3 Å². The molecule has 4 N–H and O–H groups in total. The number of carbonyl (C=O) groups is 1.